The Morgan fingerprint density at radius 2 is 2.04 bits per heavy atom. The normalized spacial score (nSPS) is 19.6. The van der Waals surface area contributed by atoms with Crippen LogP contribution in [0.25, 0.3) is 11.1 Å². The maximum Gasteiger partial charge on any atom is 0.120 e. The van der Waals surface area contributed by atoms with Gasteiger partial charge in [0.1, 0.15) is 12.3 Å². The summed E-state index contributed by atoms with van der Waals surface area (Å²) in [6, 6.07) is 6.18. The molecule has 1 unspecified atom stereocenters. The second-order valence-electron chi connectivity index (χ2n) is 6.19. The third-order valence-electron chi connectivity index (χ3n) is 4.56. The SMILES string of the molecule is O=CCCc1cc(C2=CC=CCC2)ccc1C1=CC=CC(N=O)C1. The first kappa shape index (κ1) is 16.3. The van der Waals surface area contributed by atoms with Gasteiger partial charge >= 0.3 is 0 Å². The highest BCUT2D eigenvalue weighted by molar-refractivity contribution is 5.76. The first-order chi connectivity index (χ1) is 11.8. The molecule has 0 spiro atoms. The zero-order valence-corrected chi connectivity index (χ0v) is 13.7. The Morgan fingerprint density at radius 3 is 2.79 bits per heavy atom. The van der Waals surface area contributed by atoms with Crippen LogP contribution in [0.3, 0.4) is 0 Å². The molecule has 1 aromatic carbocycles. The molecule has 24 heavy (non-hydrogen) atoms. The molecule has 0 heterocycles. The number of nitroso groups, excluding NO2 is 1. The first-order valence-corrected chi connectivity index (χ1v) is 8.44. The molecule has 2 aliphatic rings. The van der Waals surface area contributed by atoms with E-state index in [0.29, 0.717) is 12.8 Å². The molecule has 3 rings (SSSR count). The Balaban J connectivity index is 1.96. The fourth-order valence-corrected chi connectivity index (χ4v) is 3.30. The highest BCUT2D eigenvalue weighted by Crippen LogP contribution is 2.32. The highest BCUT2D eigenvalue weighted by atomic mass is 16.3. The molecule has 0 fully saturated rings. The van der Waals surface area contributed by atoms with Gasteiger partial charge in [-0.25, -0.2) is 0 Å². The van der Waals surface area contributed by atoms with E-state index in [4.69, 9.17) is 0 Å². The van der Waals surface area contributed by atoms with Crippen LogP contribution < -0.4 is 0 Å². The van der Waals surface area contributed by atoms with E-state index in [-0.39, 0.29) is 6.04 Å². The van der Waals surface area contributed by atoms with E-state index in [2.05, 4.69) is 41.6 Å². The number of hydrogen-bond acceptors (Lipinski definition) is 3. The van der Waals surface area contributed by atoms with Crippen LogP contribution in [-0.4, -0.2) is 12.3 Å². The van der Waals surface area contributed by atoms with Crippen molar-refractivity contribution in [1.29, 1.82) is 0 Å². The van der Waals surface area contributed by atoms with Crippen LogP contribution in [0.15, 0.2) is 59.8 Å². The minimum Gasteiger partial charge on any atom is -0.303 e. The van der Waals surface area contributed by atoms with Crippen LogP contribution in [0.5, 0.6) is 0 Å². The van der Waals surface area contributed by atoms with Crippen LogP contribution >= 0.6 is 0 Å². The van der Waals surface area contributed by atoms with Gasteiger partial charge in [0.2, 0.25) is 0 Å². The van der Waals surface area contributed by atoms with Crippen LogP contribution in [0.4, 0.5) is 0 Å². The first-order valence-electron chi connectivity index (χ1n) is 8.44. The largest absolute Gasteiger partial charge is 0.303 e. The van der Waals surface area contributed by atoms with Gasteiger partial charge in [-0.1, -0.05) is 59.8 Å². The van der Waals surface area contributed by atoms with E-state index < -0.39 is 0 Å². The number of aldehydes is 1. The van der Waals surface area contributed by atoms with Gasteiger partial charge < -0.3 is 4.79 Å². The van der Waals surface area contributed by atoms with Gasteiger partial charge in [-0.3, -0.25) is 0 Å². The van der Waals surface area contributed by atoms with Gasteiger partial charge in [0.05, 0.1) is 0 Å². The quantitative estimate of drug-likeness (QED) is 0.545. The predicted octanol–water partition coefficient (Wildman–Crippen LogP) is 5.03. The van der Waals surface area contributed by atoms with Crippen LogP contribution in [-0.2, 0) is 11.2 Å². The Morgan fingerprint density at radius 1 is 1.17 bits per heavy atom. The zero-order chi connectivity index (χ0) is 16.8. The third-order valence-corrected chi connectivity index (χ3v) is 4.56. The summed E-state index contributed by atoms with van der Waals surface area (Å²) in [4.78, 5) is 21.7. The maximum absolute atomic E-state index is 10.9. The summed E-state index contributed by atoms with van der Waals surface area (Å²) in [5.74, 6) is 0. The molecule has 0 N–H and O–H groups in total. The van der Waals surface area contributed by atoms with Crippen molar-refractivity contribution < 1.29 is 4.79 Å². The molecule has 0 aromatic heterocycles. The molecule has 1 atom stereocenters. The zero-order valence-electron chi connectivity index (χ0n) is 13.7. The molecule has 0 amide bonds. The average Bonchev–Trinajstić information content (AvgIpc) is 2.67. The maximum atomic E-state index is 10.9. The lowest BCUT2D eigenvalue weighted by Gasteiger charge is -2.18. The number of allylic oxidation sites excluding steroid dienone is 6. The van der Waals surface area contributed by atoms with E-state index in [0.717, 1.165) is 36.7 Å². The molecular weight excluding hydrogens is 298 g/mol. The summed E-state index contributed by atoms with van der Waals surface area (Å²) in [6.07, 6.45) is 17.1. The van der Waals surface area contributed by atoms with Gasteiger partial charge in [-0.2, -0.15) is 4.91 Å². The smallest absolute Gasteiger partial charge is 0.120 e. The number of nitrogens with zero attached hydrogens (tertiary/aromatic N) is 1. The summed E-state index contributed by atoms with van der Waals surface area (Å²) in [5, 5.41) is 3.16. The van der Waals surface area contributed by atoms with Gasteiger partial charge in [-0.15, -0.1) is 0 Å². The minimum absolute atomic E-state index is 0.296. The van der Waals surface area contributed by atoms with Crippen molar-refractivity contribution in [2.45, 2.75) is 38.1 Å². The minimum atomic E-state index is -0.296. The average molecular weight is 319 g/mol. The molecule has 0 saturated heterocycles. The second-order valence-corrected chi connectivity index (χ2v) is 6.19. The summed E-state index contributed by atoms with van der Waals surface area (Å²) in [6.45, 7) is 0. The number of benzene rings is 1. The molecule has 0 saturated carbocycles. The fourth-order valence-electron chi connectivity index (χ4n) is 3.30. The number of aryl methyl sites for hydroxylation is 1. The summed E-state index contributed by atoms with van der Waals surface area (Å²) in [5.41, 5.74) is 5.97. The summed E-state index contributed by atoms with van der Waals surface area (Å²) < 4.78 is 0. The van der Waals surface area contributed by atoms with Crippen molar-refractivity contribution in [3.63, 3.8) is 0 Å². The number of rotatable bonds is 6. The lowest BCUT2D eigenvalue weighted by atomic mass is 9.87. The second kappa shape index (κ2) is 7.82. The Hall–Kier alpha value is -2.55. The van der Waals surface area contributed by atoms with Gasteiger partial charge in [0.15, 0.2) is 0 Å². The van der Waals surface area contributed by atoms with Crippen molar-refractivity contribution in [3.8, 4) is 0 Å². The number of carbonyl (C=O) groups excluding carboxylic acids is 1. The van der Waals surface area contributed by atoms with Crippen molar-refractivity contribution in [1.82, 2.24) is 0 Å². The van der Waals surface area contributed by atoms with Crippen LogP contribution in [0.2, 0.25) is 0 Å². The molecular formula is C21H21NO2. The lowest BCUT2D eigenvalue weighted by molar-refractivity contribution is -0.107. The predicted molar refractivity (Wildman–Crippen MR) is 98.5 cm³/mol. The lowest BCUT2D eigenvalue weighted by Crippen LogP contribution is -2.06. The number of hydrogen-bond donors (Lipinski definition) is 0. The Bertz CT molecular complexity index is 753. The van der Waals surface area contributed by atoms with E-state index in [1.165, 1.54) is 16.7 Å². The highest BCUT2D eigenvalue weighted by Gasteiger charge is 2.16. The summed E-state index contributed by atoms with van der Waals surface area (Å²) >= 11 is 0. The molecule has 3 heteroatoms. The van der Waals surface area contributed by atoms with Crippen molar-refractivity contribution >= 4 is 17.4 Å². The summed E-state index contributed by atoms with van der Waals surface area (Å²) in [7, 11) is 0. The molecule has 122 valence electrons. The molecule has 0 radical (unpaired) electrons. The van der Waals surface area contributed by atoms with E-state index in [9.17, 15) is 9.70 Å². The fraction of sp³-hybridized carbons (Fsp3) is 0.286. The molecule has 2 aliphatic carbocycles. The standard InChI is InChI=1S/C21H21NO2/c23-13-5-9-18-14-17(16-6-2-1-3-7-16)11-12-21(18)19-8-4-10-20(15-19)22-24/h1-2,4,6,8,10-14,20H,3,5,7,9,15H2. The molecule has 0 bridgehead atoms. The van der Waals surface area contributed by atoms with Gasteiger partial charge in [0, 0.05) is 12.8 Å². The van der Waals surface area contributed by atoms with Crippen molar-refractivity contribution in [2.75, 3.05) is 0 Å². The van der Waals surface area contributed by atoms with E-state index in [1.54, 1.807) is 0 Å². The van der Waals surface area contributed by atoms with Crippen molar-refractivity contribution in [2.24, 2.45) is 5.18 Å². The van der Waals surface area contributed by atoms with Crippen LogP contribution in [0.1, 0.15) is 42.4 Å². The van der Waals surface area contributed by atoms with Gasteiger partial charge in [0.25, 0.3) is 0 Å². The number of carbonyl (C=O) groups is 1. The topological polar surface area (TPSA) is 46.5 Å². The van der Waals surface area contributed by atoms with Crippen LogP contribution in [0, 0.1) is 4.91 Å². The van der Waals surface area contributed by atoms with Gasteiger partial charge in [-0.05, 0) is 47.1 Å². The molecule has 3 nitrogen and oxygen atoms in total. The molecule has 1 aromatic rings. The third kappa shape index (κ3) is 3.67. The monoisotopic (exact) mass is 319 g/mol. The Kier molecular flexibility index (Phi) is 5.32. The van der Waals surface area contributed by atoms with E-state index in [1.807, 2.05) is 18.2 Å². The molecule has 0 aliphatic heterocycles. The Labute approximate surface area is 142 Å². The van der Waals surface area contributed by atoms with Crippen molar-refractivity contribution in [3.05, 3.63) is 76.3 Å². The van der Waals surface area contributed by atoms with E-state index >= 15 is 0 Å².